The lowest BCUT2D eigenvalue weighted by molar-refractivity contribution is 0.111. The van der Waals surface area contributed by atoms with Crippen LogP contribution in [0.15, 0.2) is 29.1 Å². The van der Waals surface area contributed by atoms with Gasteiger partial charge in [0.2, 0.25) is 0 Å². The topological polar surface area (TPSA) is 39.2 Å². The standard InChI is InChI=1S/C12H11NO2S/c1-9-3-2-4-10(5-14)12(9)15-6-11-7-16-8-13-11/h2-5,7-8H,6H2,1H3. The second kappa shape index (κ2) is 4.90. The van der Waals surface area contributed by atoms with Gasteiger partial charge in [0.15, 0.2) is 6.29 Å². The molecule has 0 aliphatic carbocycles. The first-order chi connectivity index (χ1) is 7.81. The molecule has 0 aliphatic rings. The number of ether oxygens (including phenoxy) is 1. The molecule has 0 saturated carbocycles. The molecule has 0 fully saturated rings. The van der Waals surface area contributed by atoms with E-state index in [0.29, 0.717) is 17.9 Å². The van der Waals surface area contributed by atoms with Crippen LogP contribution >= 0.6 is 11.3 Å². The highest BCUT2D eigenvalue weighted by Crippen LogP contribution is 2.22. The summed E-state index contributed by atoms with van der Waals surface area (Å²) in [6.07, 6.45) is 0.809. The summed E-state index contributed by atoms with van der Waals surface area (Å²) >= 11 is 1.53. The summed E-state index contributed by atoms with van der Waals surface area (Å²) in [5.74, 6) is 0.644. The maximum absolute atomic E-state index is 10.8. The van der Waals surface area contributed by atoms with E-state index in [0.717, 1.165) is 17.5 Å². The van der Waals surface area contributed by atoms with Gasteiger partial charge >= 0.3 is 0 Å². The van der Waals surface area contributed by atoms with Crippen LogP contribution in [-0.4, -0.2) is 11.3 Å². The Morgan fingerprint density at radius 1 is 1.50 bits per heavy atom. The number of hydrogen-bond donors (Lipinski definition) is 0. The van der Waals surface area contributed by atoms with Crippen LogP contribution < -0.4 is 4.74 Å². The van der Waals surface area contributed by atoms with Crippen molar-refractivity contribution in [3.63, 3.8) is 0 Å². The minimum Gasteiger partial charge on any atom is -0.486 e. The smallest absolute Gasteiger partial charge is 0.153 e. The fourth-order valence-electron chi connectivity index (χ4n) is 1.42. The fourth-order valence-corrected chi connectivity index (χ4v) is 1.96. The van der Waals surface area contributed by atoms with Crippen molar-refractivity contribution in [2.45, 2.75) is 13.5 Å². The third-order valence-corrected chi connectivity index (χ3v) is 2.85. The van der Waals surface area contributed by atoms with Crippen molar-refractivity contribution in [2.24, 2.45) is 0 Å². The Hall–Kier alpha value is -1.68. The Labute approximate surface area is 97.7 Å². The molecule has 0 aliphatic heterocycles. The van der Waals surface area contributed by atoms with Crippen molar-refractivity contribution in [1.29, 1.82) is 0 Å². The highest BCUT2D eigenvalue weighted by molar-refractivity contribution is 7.07. The number of aldehydes is 1. The molecule has 82 valence electrons. The molecule has 4 heteroatoms. The van der Waals surface area contributed by atoms with Crippen molar-refractivity contribution in [3.05, 3.63) is 45.9 Å². The van der Waals surface area contributed by atoms with Gasteiger partial charge in [0, 0.05) is 5.38 Å². The molecule has 2 aromatic rings. The highest BCUT2D eigenvalue weighted by Gasteiger charge is 2.06. The summed E-state index contributed by atoms with van der Waals surface area (Å²) in [7, 11) is 0. The lowest BCUT2D eigenvalue weighted by atomic mass is 10.1. The van der Waals surface area contributed by atoms with Crippen LogP contribution in [0.3, 0.4) is 0 Å². The number of hydrogen-bond acceptors (Lipinski definition) is 4. The molecule has 0 unspecified atom stereocenters. The summed E-state index contributed by atoms with van der Waals surface area (Å²) in [5.41, 5.74) is 4.18. The molecule has 0 amide bonds. The zero-order valence-electron chi connectivity index (χ0n) is 8.84. The number of thiazole rings is 1. The largest absolute Gasteiger partial charge is 0.486 e. The highest BCUT2D eigenvalue weighted by atomic mass is 32.1. The van der Waals surface area contributed by atoms with Gasteiger partial charge in [0.1, 0.15) is 12.4 Å². The van der Waals surface area contributed by atoms with E-state index in [1.54, 1.807) is 11.6 Å². The number of carbonyl (C=O) groups excluding carboxylic acids is 1. The monoisotopic (exact) mass is 233 g/mol. The maximum Gasteiger partial charge on any atom is 0.153 e. The zero-order valence-corrected chi connectivity index (χ0v) is 9.66. The van der Waals surface area contributed by atoms with Gasteiger partial charge in [-0.2, -0.15) is 0 Å². The number of rotatable bonds is 4. The maximum atomic E-state index is 10.8. The molecular formula is C12H11NO2S. The Morgan fingerprint density at radius 3 is 3.06 bits per heavy atom. The molecule has 2 rings (SSSR count). The van der Waals surface area contributed by atoms with E-state index in [1.807, 2.05) is 24.4 Å². The molecule has 0 N–H and O–H groups in total. The van der Waals surface area contributed by atoms with Crippen LogP contribution in [-0.2, 0) is 6.61 Å². The van der Waals surface area contributed by atoms with Gasteiger partial charge in [0.05, 0.1) is 16.8 Å². The van der Waals surface area contributed by atoms with Gasteiger partial charge in [0.25, 0.3) is 0 Å². The molecular weight excluding hydrogens is 222 g/mol. The Kier molecular flexibility index (Phi) is 3.31. The third-order valence-electron chi connectivity index (χ3n) is 2.22. The number of benzene rings is 1. The summed E-state index contributed by atoms with van der Waals surface area (Å²) in [5, 5.41) is 1.93. The molecule has 0 bridgehead atoms. The SMILES string of the molecule is Cc1cccc(C=O)c1OCc1cscn1. The van der Waals surface area contributed by atoms with E-state index in [4.69, 9.17) is 4.74 Å². The number of para-hydroxylation sites is 1. The first kappa shape index (κ1) is 10.8. The van der Waals surface area contributed by atoms with Crippen LogP contribution in [0, 0.1) is 6.92 Å². The lowest BCUT2D eigenvalue weighted by Gasteiger charge is -2.09. The molecule has 1 heterocycles. The van der Waals surface area contributed by atoms with E-state index in [9.17, 15) is 4.79 Å². The normalized spacial score (nSPS) is 10.1. The van der Waals surface area contributed by atoms with Gasteiger partial charge in [-0.1, -0.05) is 12.1 Å². The molecule has 1 aromatic heterocycles. The molecule has 3 nitrogen and oxygen atoms in total. The molecule has 16 heavy (non-hydrogen) atoms. The Morgan fingerprint density at radius 2 is 2.38 bits per heavy atom. The van der Waals surface area contributed by atoms with Crippen LogP contribution in [0.25, 0.3) is 0 Å². The summed E-state index contributed by atoms with van der Waals surface area (Å²) < 4.78 is 5.62. The molecule has 0 atom stereocenters. The van der Waals surface area contributed by atoms with Gasteiger partial charge in [-0.05, 0) is 18.6 Å². The van der Waals surface area contributed by atoms with Crippen LogP contribution in [0.2, 0.25) is 0 Å². The molecule has 1 aromatic carbocycles. The van der Waals surface area contributed by atoms with Crippen molar-refractivity contribution in [1.82, 2.24) is 4.98 Å². The molecule has 0 radical (unpaired) electrons. The molecule has 0 spiro atoms. The Bertz CT molecular complexity index is 480. The van der Waals surface area contributed by atoms with Gasteiger partial charge in [-0.25, -0.2) is 4.98 Å². The van der Waals surface area contributed by atoms with Crippen LogP contribution in [0.1, 0.15) is 21.6 Å². The summed E-state index contributed by atoms with van der Waals surface area (Å²) in [6.45, 7) is 2.32. The van der Waals surface area contributed by atoms with Crippen molar-refractivity contribution in [3.8, 4) is 5.75 Å². The van der Waals surface area contributed by atoms with E-state index in [2.05, 4.69) is 4.98 Å². The predicted molar refractivity (Wildman–Crippen MR) is 63.0 cm³/mol. The van der Waals surface area contributed by atoms with E-state index in [1.165, 1.54) is 11.3 Å². The van der Waals surface area contributed by atoms with Crippen molar-refractivity contribution >= 4 is 17.6 Å². The van der Waals surface area contributed by atoms with Crippen molar-refractivity contribution < 1.29 is 9.53 Å². The van der Waals surface area contributed by atoms with Crippen LogP contribution in [0.4, 0.5) is 0 Å². The lowest BCUT2D eigenvalue weighted by Crippen LogP contribution is -2.00. The second-order valence-corrected chi connectivity index (χ2v) is 4.10. The zero-order chi connectivity index (χ0) is 11.4. The fraction of sp³-hybridized carbons (Fsp3) is 0.167. The minimum absolute atomic E-state index is 0.398. The number of aromatic nitrogens is 1. The summed E-state index contributed by atoms with van der Waals surface area (Å²) in [4.78, 5) is 15.0. The van der Waals surface area contributed by atoms with Gasteiger partial charge < -0.3 is 4.74 Å². The van der Waals surface area contributed by atoms with E-state index >= 15 is 0 Å². The molecule has 0 saturated heterocycles. The quantitative estimate of drug-likeness (QED) is 0.762. The van der Waals surface area contributed by atoms with E-state index in [-0.39, 0.29) is 0 Å². The number of nitrogens with zero attached hydrogens (tertiary/aromatic N) is 1. The predicted octanol–water partition coefficient (Wildman–Crippen LogP) is 2.84. The first-order valence-electron chi connectivity index (χ1n) is 4.86. The third kappa shape index (κ3) is 2.28. The first-order valence-corrected chi connectivity index (χ1v) is 5.80. The Balaban J connectivity index is 2.17. The number of aryl methyl sites for hydroxylation is 1. The van der Waals surface area contributed by atoms with Crippen LogP contribution in [0.5, 0.6) is 5.75 Å². The average molecular weight is 233 g/mol. The van der Waals surface area contributed by atoms with Gasteiger partial charge in [-0.15, -0.1) is 11.3 Å². The van der Waals surface area contributed by atoms with Gasteiger partial charge in [-0.3, -0.25) is 4.79 Å². The summed E-state index contributed by atoms with van der Waals surface area (Å²) in [6, 6.07) is 5.51. The average Bonchev–Trinajstić information content (AvgIpc) is 2.80. The van der Waals surface area contributed by atoms with Crippen molar-refractivity contribution in [2.75, 3.05) is 0 Å². The second-order valence-electron chi connectivity index (χ2n) is 3.38. The van der Waals surface area contributed by atoms with E-state index < -0.39 is 0 Å². The minimum atomic E-state index is 0.398. The number of carbonyl (C=O) groups is 1.